The number of aliphatic hydroxyl groups excluding tert-OH is 1. The Morgan fingerprint density at radius 2 is 2.27 bits per heavy atom. The van der Waals surface area contributed by atoms with Crippen LogP contribution in [-0.4, -0.2) is 18.3 Å². The van der Waals surface area contributed by atoms with Crippen LogP contribution in [0.2, 0.25) is 0 Å². The van der Waals surface area contributed by atoms with E-state index in [2.05, 4.69) is 11.8 Å². The minimum Gasteiger partial charge on any atom is -0.495 e. The van der Waals surface area contributed by atoms with Crippen LogP contribution in [0.1, 0.15) is 18.9 Å². The Kier molecular flexibility index (Phi) is 4.14. The Bertz CT molecular complexity index is 388. The average molecular weight is 208 g/mol. The number of rotatable bonds is 2. The molecule has 1 N–H and O–H groups in total. The Hall–Kier alpha value is -1.53. The van der Waals surface area contributed by atoms with E-state index in [-0.39, 0.29) is 5.82 Å². The summed E-state index contributed by atoms with van der Waals surface area (Å²) in [4.78, 5) is 0. The number of methoxy groups -OCH3 is 1. The van der Waals surface area contributed by atoms with E-state index in [1.165, 1.54) is 25.3 Å². The topological polar surface area (TPSA) is 29.5 Å². The van der Waals surface area contributed by atoms with Crippen LogP contribution in [0.15, 0.2) is 18.2 Å². The van der Waals surface area contributed by atoms with Crippen molar-refractivity contribution in [1.29, 1.82) is 0 Å². The van der Waals surface area contributed by atoms with Crippen LogP contribution in [0.25, 0.3) is 0 Å². The number of hydrogen-bond donors (Lipinski definition) is 1. The van der Waals surface area contributed by atoms with Gasteiger partial charge in [-0.3, -0.25) is 0 Å². The molecular formula is C12H13FO2. The molecule has 2 nitrogen and oxygen atoms in total. The maximum atomic E-state index is 12.9. The van der Waals surface area contributed by atoms with Crippen LogP contribution in [0.3, 0.4) is 0 Å². The molecule has 3 heteroatoms. The van der Waals surface area contributed by atoms with E-state index >= 15 is 0 Å². The first-order valence-electron chi connectivity index (χ1n) is 4.64. The summed E-state index contributed by atoms with van der Waals surface area (Å²) >= 11 is 0. The van der Waals surface area contributed by atoms with Crippen molar-refractivity contribution in [3.8, 4) is 17.6 Å². The quantitative estimate of drug-likeness (QED) is 0.753. The number of halogens is 1. The summed E-state index contributed by atoms with van der Waals surface area (Å²) in [6.45, 7) is 1.65. The van der Waals surface area contributed by atoms with Gasteiger partial charge in [0.15, 0.2) is 0 Å². The van der Waals surface area contributed by atoms with Gasteiger partial charge in [0.05, 0.1) is 18.8 Å². The van der Waals surface area contributed by atoms with E-state index in [0.717, 1.165) is 0 Å². The molecule has 80 valence electrons. The molecule has 1 aromatic carbocycles. The third-order valence-corrected chi connectivity index (χ3v) is 1.78. The Labute approximate surface area is 88.7 Å². The van der Waals surface area contributed by atoms with Gasteiger partial charge in [-0.15, -0.1) is 0 Å². The van der Waals surface area contributed by atoms with Crippen LogP contribution in [-0.2, 0) is 0 Å². The fraction of sp³-hybridized carbons (Fsp3) is 0.333. The van der Waals surface area contributed by atoms with E-state index < -0.39 is 6.10 Å². The maximum Gasteiger partial charge on any atom is 0.134 e. The van der Waals surface area contributed by atoms with Crippen LogP contribution in [0, 0.1) is 17.7 Å². The standard InChI is InChI=1S/C12H13FO2/c1-9(14)4-3-5-10-8-11(13)6-7-12(10)15-2/h6-9,14H,4H2,1-2H3. The van der Waals surface area contributed by atoms with Crippen molar-refractivity contribution < 1.29 is 14.2 Å². The lowest BCUT2D eigenvalue weighted by Gasteiger charge is -2.02. The molecule has 1 atom stereocenters. The van der Waals surface area contributed by atoms with Gasteiger partial charge in [0.25, 0.3) is 0 Å². The van der Waals surface area contributed by atoms with Crippen molar-refractivity contribution >= 4 is 0 Å². The van der Waals surface area contributed by atoms with Crippen LogP contribution >= 0.6 is 0 Å². The number of benzene rings is 1. The molecule has 1 rings (SSSR count). The maximum absolute atomic E-state index is 12.9. The predicted octanol–water partition coefficient (Wildman–Crippen LogP) is 1.96. The average Bonchev–Trinajstić information content (AvgIpc) is 2.17. The summed E-state index contributed by atoms with van der Waals surface area (Å²) in [6, 6.07) is 4.16. The fourth-order valence-corrected chi connectivity index (χ4v) is 1.07. The van der Waals surface area contributed by atoms with Gasteiger partial charge in [-0.25, -0.2) is 4.39 Å². The second-order valence-corrected chi connectivity index (χ2v) is 3.20. The molecule has 0 fully saturated rings. The lowest BCUT2D eigenvalue weighted by molar-refractivity contribution is 0.201. The molecule has 0 aliphatic carbocycles. The van der Waals surface area contributed by atoms with Crippen molar-refractivity contribution in [2.45, 2.75) is 19.4 Å². The lowest BCUT2D eigenvalue weighted by Crippen LogP contribution is -1.96. The molecule has 0 saturated heterocycles. The van der Waals surface area contributed by atoms with Gasteiger partial charge < -0.3 is 9.84 Å². The van der Waals surface area contributed by atoms with Gasteiger partial charge in [-0.1, -0.05) is 11.8 Å². The van der Waals surface area contributed by atoms with E-state index in [4.69, 9.17) is 9.84 Å². The second-order valence-electron chi connectivity index (χ2n) is 3.20. The van der Waals surface area contributed by atoms with Crippen LogP contribution < -0.4 is 4.74 Å². The predicted molar refractivity (Wildman–Crippen MR) is 56.1 cm³/mol. The Morgan fingerprint density at radius 3 is 2.87 bits per heavy atom. The smallest absolute Gasteiger partial charge is 0.134 e. The summed E-state index contributed by atoms with van der Waals surface area (Å²) in [7, 11) is 1.51. The number of ether oxygens (including phenoxy) is 1. The van der Waals surface area contributed by atoms with E-state index in [1.54, 1.807) is 6.92 Å². The molecular weight excluding hydrogens is 195 g/mol. The first-order valence-corrected chi connectivity index (χ1v) is 4.64. The highest BCUT2D eigenvalue weighted by atomic mass is 19.1. The third kappa shape index (κ3) is 3.61. The summed E-state index contributed by atoms with van der Waals surface area (Å²) in [5.41, 5.74) is 0.498. The van der Waals surface area contributed by atoms with E-state index in [1.807, 2.05) is 0 Å². The molecule has 0 spiro atoms. The van der Waals surface area contributed by atoms with Crippen LogP contribution in [0.4, 0.5) is 4.39 Å². The highest BCUT2D eigenvalue weighted by molar-refractivity contribution is 5.46. The summed E-state index contributed by atoms with van der Waals surface area (Å²) in [5.74, 6) is 5.70. The van der Waals surface area contributed by atoms with Gasteiger partial charge in [-0.2, -0.15) is 0 Å². The first-order chi connectivity index (χ1) is 7.13. The molecule has 1 aromatic rings. The molecule has 0 aliphatic heterocycles. The molecule has 0 heterocycles. The molecule has 0 radical (unpaired) electrons. The van der Waals surface area contributed by atoms with E-state index in [0.29, 0.717) is 17.7 Å². The van der Waals surface area contributed by atoms with Gasteiger partial charge in [-0.05, 0) is 25.1 Å². The zero-order valence-electron chi connectivity index (χ0n) is 8.75. The first kappa shape index (κ1) is 11.5. The van der Waals surface area contributed by atoms with Crippen molar-refractivity contribution in [2.75, 3.05) is 7.11 Å². The summed E-state index contributed by atoms with van der Waals surface area (Å²) in [6.07, 6.45) is -0.114. The van der Waals surface area contributed by atoms with Crippen molar-refractivity contribution in [2.24, 2.45) is 0 Å². The van der Waals surface area contributed by atoms with Crippen molar-refractivity contribution in [3.63, 3.8) is 0 Å². The minimum atomic E-state index is -0.475. The molecule has 0 bridgehead atoms. The molecule has 0 aromatic heterocycles. The number of aliphatic hydroxyl groups is 1. The van der Waals surface area contributed by atoms with Crippen LogP contribution in [0.5, 0.6) is 5.75 Å². The minimum absolute atomic E-state index is 0.350. The Balaban J connectivity index is 2.90. The van der Waals surface area contributed by atoms with Gasteiger partial charge in [0.1, 0.15) is 11.6 Å². The van der Waals surface area contributed by atoms with Crippen molar-refractivity contribution in [1.82, 2.24) is 0 Å². The zero-order chi connectivity index (χ0) is 11.3. The molecule has 0 amide bonds. The Morgan fingerprint density at radius 1 is 1.53 bits per heavy atom. The zero-order valence-corrected chi connectivity index (χ0v) is 8.75. The monoisotopic (exact) mass is 208 g/mol. The largest absolute Gasteiger partial charge is 0.495 e. The highest BCUT2D eigenvalue weighted by Crippen LogP contribution is 2.17. The molecule has 0 aliphatic rings. The third-order valence-electron chi connectivity index (χ3n) is 1.78. The summed E-state index contributed by atoms with van der Waals surface area (Å²) in [5, 5.41) is 9.00. The van der Waals surface area contributed by atoms with Gasteiger partial charge in [0.2, 0.25) is 0 Å². The van der Waals surface area contributed by atoms with E-state index in [9.17, 15) is 4.39 Å². The van der Waals surface area contributed by atoms with Crippen molar-refractivity contribution in [3.05, 3.63) is 29.6 Å². The lowest BCUT2D eigenvalue weighted by atomic mass is 10.2. The van der Waals surface area contributed by atoms with Gasteiger partial charge >= 0.3 is 0 Å². The highest BCUT2D eigenvalue weighted by Gasteiger charge is 2.01. The number of hydrogen-bond acceptors (Lipinski definition) is 2. The molecule has 15 heavy (non-hydrogen) atoms. The second kappa shape index (κ2) is 5.38. The SMILES string of the molecule is COc1ccc(F)cc1C#CCC(C)O. The van der Waals surface area contributed by atoms with Gasteiger partial charge in [0, 0.05) is 6.42 Å². The molecule has 0 saturated carbocycles. The normalized spacial score (nSPS) is 11.5. The molecule has 1 unspecified atom stereocenters. The fourth-order valence-electron chi connectivity index (χ4n) is 1.07. The summed E-state index contributed by atoms with van der Waals surface area (Å²) < 4.78 is 17.9.